The Morgan fingerprint density at radius 3 is 2.69 bits per heavy atom. The lowest BCUT2D eigenvalue weighted by Gasteiger charge is -2.00. The van der Waals surface area contributed by atoms with E-state index in [2.05, 4.69) is 15.5 Å². The summed E-state index contributed by atoms with van der Waals surface area (Å²) < 4.78 is 5.57. The molecule has 1 amide bonds. The zero-order valence-electron chi connectivity index (χ0n) is 13.1. The van der Waals surface area contributed by atoms with Gasteiger partial charge in [-0.2, -0.15) is 5.10 Å². The van der Waals surface area contributed by atoms with Gasteiger partial charge in [-0.15, -0.1) is 0 Å². The number of benzene rings is 1. The van der Waals surface area contributed by atoms with Crippen molar-refractivity contribution in [2.24, 2.45) is 5.10 Å². The number of nitro benzene ring substituents is 1. The van der Waals surface area contributed by atoms with E-state index in [1.807, 2.05) is 0 Å². The molecule has 0 bridgehead atoms. The summed E-state index contributed by atoms with van der Waals surface area (Å²) in [4.78, 5) is 25.9. The highest BCUT2D eigenvalue weighted by Crippen LogP contribution is 2.24. The topological polar surface area (TPSA) is 111 Å². The van der Waals surface area contributed by atoms with Gasteiger partial charge in [0.15, 0.2) is 0 Å². The highest BCUT2D eigenvalue weighted by molar-refractivity contribution is 6.32. The molecular weight excluding hydrogens is 360 g/mol. The van der Waals surface area contributed by atoms with E-state index in [1.54, 1.807) is 30.3 Å². The quantitative estimate of drug-likeness (QED) is 0.319. The molecule has 0 saturated carbocycles. The van der Waals surface area contributed by atoms with E-state index in [4.69, 9.17) is 16.0 Å². The molecule has 0 unspecified atom stereocenters. The number of carbonyl (C=O) groups excluding carboxylic acids is 1. The maximum Gasteiger partial charge on any atom is 0.274 e. The molecule has 130 valence electrons. The zero-order chi connectivity index (χ0) is 18.5. The van der Waals surface area contributed by atoms with Gasteiger partial charge in [-0.25, -0.2) is 10.4 Å². The molecule has 0 fully saturated rings. The van der Waals surface area contributed by atoms with Crippen LogP contribution >= 0.6 is 11.6 Å². The minimum atomic E-state index is -0.499. The fourth-order valence-corrected chi connectivity index (χ4v) is 2.30. The molecule has 0 atom stereocenters. The van der Waals surface area contributed by atoms with Crippen molar-refractivity contribution in [1.82, 2.24) is 10.4 Å². The highest BCUT2D eigenvalue weighted by atomic mass is 35.5. The second-order valence-corrected chi connectivity index (χ2v) is 5.40. The highest BCUT2D eigenvalue weighted by Gasteiger charge is 2.10. The third-order valence-corrected chi connectivity index (χ3v) is 3.65. The summed E-state index contributed by atoms with van der Waals surface area (Å²) >= 11 is 5.83. The fraction of sp³-hybridized carbons (Fsp3) is 0. The molecule has 0 aliphatic heterocycles. The Morgan fingerprint density at radius 1 is 1.23 bits per heavy atom. The Balaban J connectivity index is 1.66. The van der Waals surface area contributed by atoms with Crippen LogP contribution in [0.15, 0.2) is 64.2 Å². The number of furan rings is 1. The number of halogens is 1. The Hall–Kier alpha value is -3.52. The van der Waals surface area contributed by atoms with Gasteiger partial charge in [0.25, 0.3) is 11.6 Å². The summed E-state index contributed by atoms with van der Waals surface area (Å²) in [6.45, 7) is 0. The van der Waals surface area contributed by atoms with E-state index >= 15 is 0 Å². The van der Waals surface area contributed by atoms with Crippen LogP contribution in [0.25, 0.3) is 11.3 Å². The van der Waals surface area contributed by atoms with Crippen LogP contribution in [0.1, 0.15) is 16.1 Å². The second-order valence-electron chi connectivity index (χ2n) is 5.05. The number of hydrogen-bond donors (Lipinski definition) is 1. The Bertz CT molecular complexity index is 982. The van der Waals surface area contributed by atoms with Gasteiger partial charge >= 0.3 is 0 Å². The van der Waals surface area contributed by atoms with E-state index in [-0.39, 0.29) is 16.4 Å². The van der Waals surface area contributed by atoms with Crippen LogP contribution in [0, 0.1) is 10.1 Å². The van der Waals surface area contributed by atoms with Crippen molar-refractivity contribution in [1.29, 1.82) is 0 Å². The first-order valence-electron chi connectivity index (χ1n) is 7.33. The first-order chi connectivity index (χ1) is 12.5. The number of nitrogens with one attached hydrogen (secondary N) is 1. The molecule has 3 aromatic rings. The molecule has 2 heterocycles. The minimum absolute atomic E-state index is 0.00105. The molecule has 0 saturated heterocycles. The predicted molar refractivity (Wildman–Crippen MR) is 95.1 cm³/mol. The largest absolute Gasteiger partial charge is 0.455 e. The number of aromatic nitrogens is 1. The minimum Gasteiger partial charge on any atom is -0.455 e. The molecule has 1 N–H and O–H groups in total. The summed E-state index contributed by atoms with van der Waals surface area (Å²) in [5.74, 6) is 0.417. The van der Waals surface area contributed by atoms with Gasteiger partial charge in [0.05, 0.1) is 16.7 Å². The Labute approximate surface area is 152 Å². The number of hydrazone groups is 1. The molecule has 0 radical (unpaired) electrons. The molecule has 8 nitrogen and oxygen atoms in total. The predicted octanol–water partition coefficient (Wildman–Crippen LogP) is 3.67. The average molecular weight is 371 g/mol. The van der Waals surface area contributed by atoms with Gasteiger partial charge in [-0.3, -0.25) is 14.9 Å². The summed E-state index contributed by atoms with van der Waals surface area (Å²) in [6, 6.07) is 12.4. The van der Waals surface area contributed by atoms with Gasteiger partial charge in [0, 0.05) is 23.9 Å². The van der Waals surface area contributed by atoms with Crippen molar-refractivity contribution >= 4 is 29.4 Å². The smallest absolute Gasteiger partial charge is 0.274 e. The lowest BCUT2D eigenvalue weighted by Crippen LogP contribution is -2.18. The van der Waals surface area contributed by atoms with Crippen molar-refractivity contribution in [3.05, 3.63) is 81.3 Å². The molecule has 3 rings (SSSR count). The fourth-order valence-electron chi connectivity index (χ4n) is 2.09. The van der Waals surface area contributed by atoms with E-state index < -0.39 is 10.8 Å². The normalized spacial score (nSPS) is 10.8. The number of nitro groups is 1. The standard InChI is InChI=1S/C17H11ClN4O4/c18-16-14(2-1-9-19-16)17(23)21-20-10-13-7-8-15(26-13)11-3-5-12(6-4-11)22(24)25/h1-10H,(H,21,23)/b20-10-. The lowest BCUT2D eigenvalue weighted by atomic mass is 10.1. The third kappa shape index (κ3) is 3.93. The zero-order valence-corrected chi connectivity index (χ0v) is 13.9. The SMILES string of the molecule is O=C(N/N=C\c1ccc(-c2ccc([N+](=O)[O-])cc2)o1)c1cccnc1Cl. The Kier molecular flexibility index (Phi) is 5.04. The summed E-state index contributed by atoms with van der Waals surface area (Å²) in [5.41, 5.74) is 3.22. The molecular formula is C17H11ClN4O4. The monoisotopic (exact) mass is 370 g/mol. The van der Waals surface area contributed by atoms with Gasteiger partial charge in [0.1, 0.15) is 16.7 Å². The average Bonchev–Trinajstić information content (AvgIpc) is 3.11. The van der Waals surface area contributed by atoms with Crippen molar-refractivity contribution in [2.45, 2.75) is 0 Å². The molecule has 0 spiro atoms. The van der Waals surface area contributed by atoms with Crippen molar-refractivity contribution in [2.75, 3.05) is 0 Å². The van der Waals surface area contributed by atoms with Crippen LogP contribution in [-0.4, -0.2) is 22.0 Å². The van der Waals surface area contributed by atoms with Crippen molar-refractivity contribution in [3.8, 4) is 11.3 Å². The molecule has 26 heavy (non-hydrogen) atoms. The number of amides is 1. The van der Waals surface area contributed by atoms with E-state index in [1.165, 1.54) is 30.6 Å². The number of rotatable bonds is 5. The number of pyridine rings is 1. The summed E-state index contributed by atoms with van der Waals surface area (Å²) in [7, 11) is 0. The van der Waals surface area contributed by atoms with E-state index in [0.717, 1.165) is 0 Å². The van der Waals surface area contributed by atoms with Gasteiger partial charge in [0.2, 0.25) is 0 Å². The van der Waals surface area contributed by atoms with Gasteiger partial charge in [-0.1, -0.05) is 11.6 Å². The van der Waals surface area contributed by atoms with Crippen molar-refractivity contribution < 1.29 is 14.1 Å². The second kappa shape index (κ2) is 7.58. The third-order valence-electron chi connectivity index (χ3n) is 3.35. The number of non-ortho nitro benzene ring substituents is 1. The van der Waals surface area contributed by atoms with E-state index in [0.29, 0.717) is 17.1 Å². The van der Waals surface area contributed by atoms with Crippen LogP contribution in [0.3, 0.4) is 0 Å². The summed E-state index contributed by atoms with van der Waals surface area (Å²) in [5, 5.41) is 14.6. The first kappa shape index (κ1) is 17.3. The van der Waals surface area contributed by atoms with Gasteiger partial charge < -0.3 is 4.42 Å². The maximum atomic E-state index is 11.9. The Morgan fingerprint density at radius 2 is 2.00 bits per heavy atom. The molecule has 2 aromatic heterocycles. The molecule has 9 heteroatoms. The molecule has 1 aromatic carbocycles. The van der Waals surface area contributed by atoms with Crippen LogP contribution in [0.5, 0.6) is 0 Å². The molecule has 0 aliphatic carbocycles. The number of hydrogen-bond acceptors (Lipinski definition) is 6. The van der Waals surface area contributed by atoms with Crippen LogP contribution in [-0.2, 0) is 0 Å². The van der Waals surface area contributed by atoms with Crippen LogP contribution in [0.4, 0.5) is 5.69 Å². The van der Waals surface area contributed by atoms with E-state index in [9.17, 15) is 14.9 Å². The lowest BCUT2D eigenvalue weighted by molar-refractivity contribution is -0.384. The van der Waals surface area contributed by atoms with Gasteiger partial charge in [-0.05, 0) is 36.4 Å². The first-order valence-corrected chi connectivity index (χ1v) is 7.71. The maximum absolute atomic E-state index is 11.9. The number of nitrogens with zero attached hydrogens (tertiary/aromatic N) is 3. The van der Waals surface area contributed by atoms with Crippen LogP contribution < -0.4 is 5.43 Å². The summed E-state index contributed by atoms with van der Waals surface area (Å²) in [6.07, 6.45) is 2.81. The molecule has 0 aliphatic rings. The number of carbonyl (C=O) groups is 1. The van der Waals surface area contributed by atoms with Crippen molar-refractivity contribution in [3.63, 3.8) is 0 Å². The van der Waals surface area contributed by atoms with Crippen LogP contribution in [0.2, 0.25) is 5.15 Å².